The first-order valence-corrected chi connectivity index (χ1v) is 6.71. The summed E-state index contributed by atoms with van der Waals surface area (Å²) in [5.41, 5.74) is 7.41. The van der Waals surface area contributed by atoms with Gasteiger partial charge in [0.1, 0.15) is 5.52 Å². The van der Waals surface area contributed by atoms with E-state index in [4.69, 9.17) is 10.2 Å². The molecule has 0 saturated carbocycles. The summed E-state index contributed by atoms with van der Waals surface area (Å²) < 4.78 is 5.85. The molecule has 0 amide bonds. The first-order valence-electron chi connectivity index (χ1n) is 6.71. The molecule has 1 saturated heterocycles. The van der Waals surface area contributed by atoms with Gasteiger partial charge in [-0.1, -0.05) is 12.1 Å². The maximum Gasteiger partial charge on any atom is 0.298 e. The van der Waals surface area contributed by atoms with E-state index in [1.807, 2.05) is 24.3 Å². The Hall–Kier alpha value is -1.55. The molecule has 1 unspecified atom stereocenters. The molecule has 1 aliphatic rings. The third-order valence-corrected chi connectivity index (χ3v) is 3.65. The highest BCUT2D eigenvalue weighted by molar-refractivity contribution is 5.74. The minimum atomic E-state index is 0.543. The van der Waals surface area contributed by atoms with Crippen LogP contribution in [0.5, 0.6) is 0 Å². The van der Waals surface area contributed by atoms with Gasteiger partial charge in [0.15, 0.2) is 5.58 Å². The van der Waals surface area contributed by atoms with Crippen molar-refractivity contribution in [2.75, 3.05) is 18.0 Å². The van der Waals surface area contributed by atoms with Gasteiger partial charge in [0.2, 0.25) is 0 Å². The number of aromatic nitrogens is 1. The van der Waals surface area contributed by atoms with E-state index in [1.54, 1.807) is 0 Å². The quantitative estimate of drug-likeness (QED) is 0.899. The second-order valence-corrected chi connectivity index (χ2v) is 4.88. The molecule has 4 heteroatoms. The number of oxazole rings is 1. The van der Waals surface area contributed by atoms with Gasteiger partial charge in [-0.15, -0.1) is 0 Å². The van der Waals surface area contributed by atoms with E-state index in [0.717, 1.165) is 43.0 Å². The van der Waals surface area contributed by atoms with Crippen molar-refractivity contribution in [3.63, 3.8) is 0 Å². The monoisotopic (exact) mass is 245 g/mol. The first kappa shape index (κ1) is 11.5. The Morgan fingerprint density at radius 1 is 1.39 bits per heavy atom. The van der Waals surface area contributed by atoms with E-state index in [-0.39, 0.29) is 0 Å². The van der Waals surface area contributed by atoms with Crippen LogP contribution >= 0.6 is 0 Å². The molecule has 0 aliphatic carbocycles. The molecule has 4 nitrogen and oxygen atoms in total. The summed E-state index contributed by atoms with van der Waals surface area (Å²) in [5, 5.41) is 0. The van der Waals surface area contributed by atoms with Crippen LogP contribution in [0.25, 0.3) is 11.1 Å². The Balaban J connectivity index is 1.84. The largest absolute Gasteiger partial charge is 0.423 e. The lowest BCUT2D eigenvalue weighted by molar-refractivity contribution is 0.522. The fraction of sp³-hybridized carbons (Fsp3) is 0.500. The molecule has 1 aromatic heterocycles. The van der Waals surface area contributed by atoms with Crippen LogP contribution in [0, 0.1) is 0 Å². The fourth-order valence-electron chi connectivity index (χ4n) is 2.72. The minimum Gasteiger partial charge on any atom is -0.423 e. The maximum atomic E-state index is 5.85. The average Bonchev–Trinajstić information content (AvgIpc) is 3.01. The van der Waals surface area contributed by atoms with Crippen molar-refractivity contribution in [2.24, 2.45) is 5.73 Å². The molecule has 0 spiro atoms. The summed E-state index contributed by atoms with van der Waals surface area (Å²) in [4.78, 5) is 6.88. The Morgan fingerprint density at radius 3 is 3.11 bits per heavy atom. The van der Waals surface area contributed by atoms with Gasteiger partial charge in [-0.05, 0) is 44.4 Å². The molecule has 2 heterocycles. The van der Waals surface area contributed by atoms with Gasteiger partial charge in [-0.3, -0.25) is 0 Å². The topological polar surface area (TPSA) is 55.3 Å². The molecule has 0 bridgehead atoms. The van der Waals surface area contributed by atoms with E-state index in [9.17, 15) is 0 Å². The Labute approximate surface area is 107 Å². The number of benzene rings is 1. The van der Waals surface area contributed by atoms with Crippen LogP contribution in [0.4, 0.5) is 6.01 Å². The molecule has 18 heavy (non-hydrogen) atoms. The lowest BCUT2D eigenvalue weighted by Crippen LogP contribution is -2.29. The fourth-order valence-corrected chi connectivity index (χ4v) is 2.72. The molecule has 96 valence electrons. The number of para-hydroxylation sites is 2. The van der Waals surface area contributed by atoms with E-state index in [1.165, 1.54) is 12.8 Å². The number of hydrogen-bond acceptors (Lipinski definition) is 4. The summed E-state index contributed by atoms with van der Waals surface area (Å²) in [7, 11) is 0. The summed E-state index contributed by atoms with van der Waals surface area (Å²) in [6.07, 6.45) is 4.64. The van der Waals surface area contributed by atoms with Crippen molar-refractivity contribution >= 4 is 17.1 Å². The zero-order chi connectivity index (χ0) is 12.4. The van der Waals surface area contributed by atoms with E-state index < -0.39 is 0 Å². The minimum absolute atomic E-state index is 0.543. The molecule has 3 rings (SSSR count). The summed E-state index contributed by atoms with van der Waals surface area (Å²) >= 11 is 0. The van der Waals surface area contributed by atoms with Gasteiger partial charge in [-0.2, -0.15) is 4.98 Å². The number of fused-ring (bicyclic) bond motifs is 1. The van der Waals surface area contributed by atoms with Crippen LogP contribution in [0.1, 0.15) is 25.7 Å². The number of rotatable bonds is 4. The summed E-state index contributed by atoms with van der Waals surface area (Å²) in [6, 6.07) is 9.25. The van der Waals surface area contributed by atoms with Gasteiger partial charge in [0.05, 0.1) is 0 Å². The number of hydrogen-bond donors (Lipinski definition) is 1. The van der Waals surface area contributed by atoms with Gasteiger partial charge in [0, 0.05) is 12.6 Å². The second kappa shape index (κ2) is 4.98. The Morgan fingerprint density at radius 2 is 2.28 bits per heavy atom. The van der Waals surface area contributed by atoms with E-state index in [2.05, 4.69) is 9.88 Å². The lowest BCUT2D eigenvalue weighted by Gasteiger charge is -2.22. The smallest absolute Gasteiger partial charge is 0.298 e. The van der Waals surface area contributed by atoms with E-state index >= 15 is 0 Å². The van der Waals surface area contributed by atoms with Crippen molar-refractivity contribution in [1.82, 2.24) is 4.98 Å². The molecule has 1 aliphatic heterocycles. The summed E-state index contributed by atoms with van der Waals surface area (Å²) in [5.74, 6) is 0. The van der Waals surface area contributed by atoms with Crippen LogP contribution in [0.15, 0.2) is 28.7 Å². The molecular weight excluding hydrogens is 226 g/mol. The van der Waals surface area contributed by atoms with Crippen molar-refractivity contribution in [2.45, 2.75) is 31.7 Å². The van der Waals surface area contributed by atoms with Crippen molar-refractivity contribution in [1.29, 1.82) is 0 Å². The molecule has 0 radical (unpaired) electrons. The highest BCUT2D eigenvalue weighted by Gasteiger charge is 2.27. The zero-order valence-electron chi connectivity index (χ0n) is 10.5. The first-order chi connectivity index (χ1) is 8.88. The standard InChI is InChI=1S/C14H19N3O/c15-9-3-5-11-6-4-10-17(11)14-16-12-7-1-2-8-13(12)18-14/h1-2,7-8,11H,3-6,9-10,15H2. The normalized spacial score (nSPS) is 19.8. The molecule has 1 fully saturated rings. The highest BCUT2D eigenvalue weighted by atomic mass is 16.4. The predicted octanol–water partition coefficient (Wildman–Crippen LogP) is 2.54. The number of nitrogens with two attached hydrogens (primary N) is 1. The lowest BCUT2D eigenvalue weighted by atomic mass is 10.1. The molecule has 1 aromatic carbocycles. The third kappa shape index (κ3) is 2.08. The predicted molar refractivity (Wildman–Crippen MR) is 72.7 cm³/mol. The van der Waals surface area contributed by atoms with Crippen molar-refractivity contribution in [3.05, 3.63) is 24.3 Å². The number of nitrogens with zero attached hydrogens (tertiary/aromatic N) is 2. The SMILES string of the molecule is NCCCC1CCCN1c1nc2ccccc2o1. The Kier molecular flexibility index (Phi) is 3.19. The highest BCUT2D eigenvalue weighted by Crippen LogP contribution is 2.29. The molecular formula is C14H19N3O. The van der Waals surface area contributed by atoms with Crippen LogP contribution < -0.4 is 10.6 Å². The Bertz CT molecular complexity index is 489. The third-order valence-electron chi connectivity index (χ3n) is 3.65. The summed E-state index contributed by atoms with van der Waals surface area (Å²) in [6.45, 7) is 1.81. The zero-order valence-corrected chi connectivity index (χ0v) is 10.5. The van der Waals surface area contributed by atoms with Gasteiger partial charge in [0.25, 0.3) is 6.01 Å². The van der Waals surface area contributed by atoms with Crippen LogP contribution in [0.2, 0.25) is 0 Å². The molecule has 1 atom stereocenters. The molecule has 2 aromatic rings. The van der Waals surface area contributed by atoms with Gasteiger partial charge in [-0.25, -0.2) is 0 Å². The maximum absolute atomic E-state index is 5.85. The van der Waals surface area contributed by atoms with Gasteiger partial charge >= 0.3 is 0 Å². The van der Waals surface area contributed by atoms with E-state index in [0.29, 0.717) is 6.04 Å². The van der Waals surface area contributed by atoms with Crippen molar-refractivity contribution < 1.29 is 4.42 Å². The van der Waals surface area contributed by atoms with Crippen LogP contribution in [0.3, 0.4) is 0 Å². The van der Waals surface area contributed by atoms with Gasteiger partial charge < -0.3 is 15.1 Å². The second-order valence-electron chi connectivity index (χ2n) is 4.88. The van der Waals surface area contributed by atoms with Crippen LogP contribution in [-0.2, 0) is 0 Å². The van der Waals surface area contributed by atoms with Crippen molar-refractivity contribution in [3.8, 4) is 0 Å². The molecule has 2 N–H and O–H groups in total. The number of anilines is 1. The average molecular weight is 245 g/mol. The van der Waals surface area contributed by atoms with Crippen LogP contribution in [-0.4, -0.2) is 24.1 Å².